The molecule has 1 heterocycles. The fourth-order valence-electron chi connectivity index (χ4n) is 2.27. The molecule has 0 aliphatic rings. The summed E-state index contributed by atoms with van der Waals surface area (Å²) in [6, 6.07) is 7.95. The molecular formula is C17H26N6O. The number of guanidine groups is 1. The quantitative estimate of drug-likeness (QED) is 0.489. The van der Waals surface area contributed by atoms with E-state index in [4.69, 9.17) is 0 Å². The molecule has 0 aliphatic carbocycles. The van der Waals surface area contributed by atoms with Gasteiger partial charge >= 0.3 is 0 Å². The minimum absolute atomic E-state index is 0.0669. The van der Waals surface area contributed by atoms with Gasteiger partial charge in [-0.1, -0.05) is 12.1 Å². The molecule has 130 valence electrons. The first-order valence-electron chi connectivity index (χ1n) is 8.06. The van der Waals surface area contributed by atoms with E-state index in [1.165, 1.54) is 0 Å². The lowest BCUT2D eigenvalue weighted by Gasteiger charge is -2.21. The van der Waals surface area contributed by atoms with Gasteiger partial charge in [0.05, 0.1) is 17.6 Å². The highest BCUT2D eigenvalue weighted by molar-refractivity contribution is 5.86. The van der Waals surface area contributed by atoms with E-state index in [0.717, 1.165) is 23.3 Å². The second-order valence-corrected chi connectivity index (χ2v) is 6.60. The smallest absolute Gasteiger partial charge is 0.239 e. The first kappa shape index (κ1) is 17.8. The van der Waals surface area contributed by atoms with Crippen LogP contribution < -0.4 is 16.0 Å². The summed E-state index contributed by atoms with van der Waals surface area (Å²) in [5.41, 5.74) is 1.76. The van der Waals surface area contributed by atoms with E-state index in [2.05, 4.69) is 30.9 Å². The Morgan fingerprint density at radius 3 is 2.67 bits per heavy atom. The van der Waals surface area contributed by atoms with E-state index in [1.54, 1.807) is 7.05 Å². The van der Waals surface area contributed by atoms with Gasteiger partial charge in [0.15, 0.2) is 5.96 Å². The lowest BCUT2D eigenvalue weighted by molar-refractivity contribution is -0.121. The van der Waals surface area contributed by atoms with Crippen molar-refractivity contribution in [2.24, 2.45) is 4.99 Å². The fraction of sp³-hybridized carbons (Fsp3) is 0.471. The number of H-pyrrole nitrogens is 1. The third-order valence-electron chi connectivity index (χ3n) is 3.25. The molecule has 4 N–H and O–H groups in total. The highest BCUT2D eigenvalue weighted by Gasteiger charge is 2.13. The van der Waals surface area contributed by atoms with Gasteiger partial charge in [-0.05, 0) is 32.9 Å². The van der Waals surface area contributed by atoms with Crippen molar-refractivity contribution in [3.8, 4) is 0 Å². The number of nitrogens with zero attached hydrogens (tertiary/aromatic N) is 2. The zero-order valence-corrected chi connectivity index (χ0v) is 14.7. The molecule has 0 unspecified atom stereocenters. The third-order valence-corrected chi connectivity index (χ3v) is 3.25. The Hall–Kier alpha value is -2.57. The van der Waals surface area contributed by atoms with E-state index in [9.17, 15) is 4.79 Å². The van der Waals surface area contributed by atoms with Crippen molar-refractivity contribution in [3.05, 3.63) is 30.1 Å². The second-order valence-electron chi connectivity index (χ2n) is 6.60. The molecule has 0 bridgehead atoms. The molecule has 2 aromatic rings. The maximum Gasteiger partial charge on any atom is 0.239 e. The predicted octanol–water partition coefficient (Wildman–Crippen LogP) is 1.19. The summed E-state index contributed by atoms with van der Waals surface area (Å²) in [6.07, 6.45) is 0.740. The number of para-hydroxylation sites is 2. The second kappa shape index (κ2) is 7.81. The zero-order chi connectivity index (χ0) is 17.6. The summed E-state index contributed by atoms with van der Waals surface area (Å²) in [5.74, 6) is 1.45. The number of amides is 1. The summed E-state index contributed by atoms with van der Waals surface area (Å²) in [7, 11) is 1.68. The number of imidazole rings is 1. The summed E-state index contributed by atoms with van der Waals surface area (Å²) >= 11 is 0. The van der Waals surface area contributed by atoms with Crippen LogP contribution in [0.4, 0.5) is 0 Å². The number of rotatable bonds is 5. The molecule has 1 aromatic carbocycles. The van der Waals surface area contributed by atoms with Crippen LogP contribution in [0.3, 0.4) is 0 Å². The van der Waals surface area contributed by atoms with Crippen LogP contribution in [0.5, 0.6) is 0 Å². The lowest BCUT2D eigenvalue weighted by Crippen LogP contribution is -2.48. The number of aromatic amines is 1. The van der Waals surface area contributed by atoms with Crippen molar-refractivity contribution >= 4 is 22.9 Å². The number of hydrogen-bond donors (Lipinski definition) is 4. The first-order valence-corrected chi connectivity index (χ1v) is 8.06. The summed E-state index contributed by atoms with van der Waals surface area (Å²) in [4.78, 5) is 23.7. The number of fused-ring (bicyclic) bond motifs is 1. The van der Waals surface area contributed by atoms with E-state index in [-0.39, 0.29) is 18.0 Å². The molecule has 7 heteroatoms. The van der Waals surface area contributed by atoms with Crippen LogP contribution in [-0.2, 0) is 11.2 Å². The Kier molecular flexibility index (Phi) is 5.78. The van der Waals surface area contributed by atoms with E-state index >= 15 is 0 Å². The van der Waals surface area contributed by atoms with Crippen LogP contribution in [0.25, 0.3) is 11.0 Å². The number of carbonyl (C=O) groups excluding carboxylic acids is 1. The van der Waals surface area contributed by atoms with Gasteiger partial charge in [0, 0.05) is 25.6 Å². The van der Waals surface area contributed by atoms with Crippen molar-refractivity contribution in [1.29, 1.82) is 0 Å². The highest BCUT2D eigenvalue weighted by Crippen LogP contribution is 2.10. The van der Waals surface area contributed by atoms with Crippen molar-refractivity contribution < 1.29 is 4.79 Å². The lowest BCUT2D eigenvalue weighted by atomic mass is 10.1. The molecule has 0 saturated carbocycles. The summed E-state index contributed by atoms with van der Waals surface area (Å²) in [6.45, 7) is 6.70. The van der Waals surface area contributed by atoms with E-state index < -0.39 is 0 Å². The van der Waals surface area contributed by atoms with Crippen LogP contribution in [0.15, 0.2) is 29.3 Å². The molecule has 24 heavy (non-hydrogen) atoms. The molecule has 2 rings (SSSR count). The molecule has 0 spiro atoms. The Labute approximate surface area is 142 Å². The minimum atomic E-state index is -0.239. The van der Waals surface area contributed by atoms with Gasteiger partial charge < -0.3 is 20.9 Å². The standard InChI is InChI=1S/C17H26N6O/c1-17(2,3)23-15(24)11-20-16(18-4)19-10-9-14-21-12-7-5-6-8-13(12)22-14/h5-8H,9-11H2,1-4H3,(H,21,22)(H,23,24)(H2,18,19,20). The molecule has 0 fully saturated rings. The van der Waals surface area contributed by atoms with Crippen molar-refractivity contribution in [1.82, 2.24) is 25.9 Å². The van der Waals surface area contributed by atoms with Crippen LogP contribution in [0.1, 0.15) is 26.6 Å². The maximum absolute atomic E-state index is 11.8. The minimum Gasteiger partial charge on any atom is -0.356 e. The number of benzene rings is 1. The molecule has 0 radical (unpaired) electrons. The predicted molar refractivity (Wildman–Crippen MR) is 97.1 cm³/mol. The Balaban J connectivity index is 1.76. The molecule has 7 nitrogen and oxygen atoms in total. The van der Waals surface area contributed by atoms with Gasteiger partial charge in [0.2, 0.25) is 5.91 Å². The molecular weight excluding hydrogens is 304 g/mol. The van der Waals surface area contributed by atoms with Crippen LogP contribution in [0.2, 0.25) is 0 Å². The highest BCUT2D eigenvalue weighted by atomic mass is 16.2. The van der Waals surface area contributed by atoms with Gasteiger partial charge in [-0.15, -0.1) is 0 Å². The first-order chi connectivity index (χ1) is 11.4. The number of carbonyl (C=O) groups is 1. The van der Waals surface area contributed by atoms with Gasteiger partial charge in [0.25, 0.3) is 0 Å². The van der Waals surface area contributed by atoms with Crippen molar-refractivity contribution in [2.75, 3.05) is 20.1 Å². The van der Waals surface area contributed by atoms with Crippen LogP contribution in [0, 0.1) is 0 Å². The van der Waals surface area contributed by atoms with Crippen LogP contribution in [-0.4, -0.2) is 47.5 Å². The van der Waals surface area contributed by atoms with Gasteiger partial charge in [-0.3, -0.25) is 9.79 Å². The normalized spacial score (nSPS) is 12.2. The molecule has 1 amide bonds. The Bertz CT molecular complexity index is 680. The topological polar surface area (TPSA) is 94.2 Å². The van der Waals surface area contributed by atoms with Crippen molar-refractivity contribution in [2.45, 2.75) is 32.7 Å². The molecule has 0 aliphatic heterocycles. The van der Waals surface area contributed by atoms with Crippen LogP contribution >= 0.6 is 0 Å². The molecule has 0 atom stereocenters. The molecule has 1 aromatic heterocycles. The summed E-state index contributed by atoms with van der Waals surface area (Å²) < 4.78 is 0. The number of hydrogen-bond acceptors (Lipinski definition) is 3. The number of nitrogens with one attached hydrogen (secondary N) is 4. The fourth-order valence-corrected chi connectivity index (χ4v) is 2.27. The van der Waals surface area contributed by atoms with E-state index in [1.807, 2.05) is 45.0 Å². The maximum atomic E-state index is 11.8. The third kappa shape index (κ3) is 5.57. The Morgan fingerprint density at radius 2 is 2.00 bits per heavy atom. The summed E-state index contributed by atoms with van der Waals surface area (Å²) in [5, 5.41) is 9.08. The Morgan fingerprint density at radius 1 is 1.25 bits per heavy atom. The van der Waals surface area contributed by atoms with Gasteiger partial charge in [-0.2, -0.15) is 0 Å². The number of aromatic nitrogens is 2. The van der Waals surface area contributed by atoms with Gasteiger partial charge in [0.1, 0.15) is 5.82 Å². The van der Waals surface area contributed by atoms with E-state index in [0.29, 0.717) is 12.5 Å². The number of aliphatic imine (C=N–C) groups is 1. The average molecular weight is 330 g/mol. The van der Waals surface area contributed by atoms with Gasteiger partial charge in [-0.25, -0.2) is 4.98 Å². The molecule has 0 saturated heterocycles. The zero-order valence-electron chi connectivity index (χ0n) is 14.7. The average Bonchev–Trinajstić information content (AvgIpc) is 2.91. The SMILES string of the molecule is CN=C(NCCc1nc2ccccc2[nH]1)NCC(=O)NC(C)(C)C. The monoisotopic (exact) mass is 330 g/mol. The largest absolute Gasteiger partial charge is 0.356 e. The van der Waals surface area contributed by atoms with Crippen molar-refractivity contribution in [3.63, 3.8) is 0 Å².